The second kappa shape index (κ2) is 6.04. The number of benzene rings is 1. The smallest absolute Gasteiger partial charge is 0.224 e. The lowest BCUT2D eigenvalue weighted by Gasteiger charge is -2.10. The average Bonchev–Trinajstić information content (AvgIpc) is 2.23. The van der Waals surface area contributed by atoms with Crippen molar-refractivity contribution in [1.29, 1.82) is 0 Å². The second-order valence-corrected chi connectivity index (χ2v) is 5.08. The Labute approximate surface area is 106 Å². The van der Waals surface area contributed by atoms with Crippen molar-refractivity contribution in [3.8, 4) is 0 Å². The lowest BCUT2D eigenvalue weighted by molar-refractivity contribution is -0.117. The highest BCUT2D eigenvalue weighted by atomic mass is 79.9. The number of aryl methyl sites for hydroxylation is 1. The van der Waals surface area contributed by atoms with Crippen molar-refractivity contribution in [3.63, 3.8) is 0 Å². The van der Waals surface area contributed by atoms with Gasteiger partial charge >= 0.3 is 0 Å². The van der Waals surface area contributed by atoms with E-state index in [-0.39, 0.29) is 5.91 Å². The quantitative estimate of drug-likeness (QED) is 0.884. The van der Waals surface area contributed by atoms with Crippen LogP contribution in [0.3, 0.4) is 0 Å². The van der Waals surface area contributed by atoms with Gasteiger partial charge in [-0.25, -0.2) is 0 Å². The lowest BCUT2D eigenvalue weighted by atomic mass is 10.1. The Morgan fingerprint density at radius 2 is 2.19 bits per heavy atom. The highest BCUT2D eigenvalue weighted by molar-refractivity contribution is 9.10. The van der Waals surface area contributed by atoms with Crippen molar-refractivity contribution in [2.75, 3.05) is 5.32 Å². The van der Waals surface area contributed by atoms with Gasteiger partial charge in [-0.3, -0.25) is 4.79 Å². The Kier molecular flexibility index (Phi) is 5.00. The van der Waals surface area contributed by atoms with E-state index in [0.29, 0.717) is 12.3 Å². The molecule has 1 atom stereocenters. The molecule has 1 aromatic carbocycles. The normalized spacial score (nSPS) is 12.2. The molecule has 3 heteroatoms. The average molecular weight is 284 g/mol. The van der Waals surface area contributed by atoms with Crippen LogP contribution in [-0.2, 0) is 4.79 Å². The molecule has 0 saturated carbocycles. The Morgan fingerprint density at radius 1 is 1.50 bits per heavy atom. The summed E-state index contributed by atoms with van der Waals surface area (Å²) in [6, 6.07) is 5.85. The molecule has 0 saturated heterocycles. The maximum absolute atomic E-state index is 11.7. The number of nitrogens with one attached hydrogen (secondary N) is 1. The summed E-state index contributed by atoms with van der Waals surface area (Å²) in [6.45, 7) is 6.21. The number of carbonyl (C=O) groups is 1. The zero-order valence-electron chi connectivity index (χ0n) is 10.0. The van der Waals surface area contributed by atoms with Crippen molar-refractivity contribution in [2.45, 2.75) is 33.6 Å². The first-order chi connectivity index (χ1) is 7.52. The van der Waals surface area contributed by atoms with Crippen LogP contribution in [0.2, 0.25) is 0 Å². The van der Waals surface area contributed by atoms with Gasteiger partial charge in [-0.05, 0) is 30.5 Å². The molecule has 0 heterocycles. The molecule has 88 valence electrons. The molecular weight excluding hydrogens is 266 g/mol. The lowest BCUT2D eigenvalue weighted by Crippen LogP contribution is -2.14. The van der Waals surface area contributed by atoms with Crippen LogP contribution in [0, 0.1) is 12.8 Å². The fourth-order valence-corrected chi connectivity index (χ4v) is 1.72. The van der Waals surface area contributed by atoms with Crippen LogP contribution in [0.25, 0.3) is 0 Å². The first-order valence-corrected chi connectivity index (χ1v) is 6.38. The van der Waals surface area contributed by atoms with Crippen molar-refractivity contribution >= 4 is 27.5 Å². The Bertz CT molecular complexity index is 376. The first-order valence-electron chi connectivity index (χ1n) is 5.59. The third-order valence-electron chi connectivity index (χ3n) is 2.69. The molecule has 0 spiro atoms. The molecule has 0 aliphatic heterocycles. The van der Waals surface area contributed by atoms with Crippen LogP contribution in [0.5, 0.6) is 0 Å². The van der Waals surface area contributed by atoms with Crippen LogP contribution in [0.1, 0.15) is 32.3 Å². The Balaban J connectivity index is 2.59. The van der Waals surface area contributed by atoms with E-state index in [1.54, 1.807) is 0 Å². The number of halogens is 1. The van der Waals surface area contributed by atoms with E-state index in [2.05, 4.69) is 35.1 Å². The molecule has 0 aliphatic carbocycles. The fourth-order valence-electron chi connectivity index (χ4n) is 1.34. The van der Waals surface area contributed by atoms with Crippen LogP contribution >= 0.6 is 15.9 Å². The van der Waals surface area contributed by atoms with Crippen LogP contribution < -0.4 is 5.32 Å². The van der Waals surface area contributed by atoms with Crippen molar-refractivity contribution < 1.29 is 4.79 Å². The van der Waals surface area contributed by atoms with E-state index in [4.69, 9.17) is 0 Å². The minimum Gasteiger partial charge on any atom is -0.326 e. The summed E-state index contributed by atoms with van der Waals surface area (Å²) in [5.74, 6) is 0.527. The third-order valence-corrected chi connectivity index (χ3v) is 3.54. The first kappa shape index (κ1) is 13.2. The van der Waals surface area contributed by atoms with Crippen LogP contribution in [-0.4, -0.2) is 5.91 Å². The molecule has 2 nitrogen and oxygen atoms in total. The third kappa shape index (κ3) is 3.97. The summed E-state index contributed by atoms with van der Waals surface area (Å²) < 4.78 is 1.02. The second-order valence-electron chi connectivity index (χ2n) is 4.23. The molecular formula is C13H18BrNO. The molecule has 0 aliphatic rings. The van der Waals surface area contributed by atoms with E-state index >= 15 is 0 Å². The number of hydrogen-bond donors (Lipinski definition) is 1. The van der Waals surface area contributed by atoms with Crippen molar-refractivity contribution in [3.05, 3.63) is 28.2 Å². The highest BCUT2D eigenvalue weighted by Gasteiger charge is 2.07. The largest absolute Gasteiger partial charge is 0.326 e. The topological polar surface area (TPSA) is 29.1 Å². The van der Waals surface area contributed by atoms with Gasteiger partial charge in [0.15, 0.2) is 0 Å². The summed E-state index contributed by atoms with van der Waals surface area (Å²) in [4.78, 5) is 11.7. The summed E-state index contributed by atoms with van der Waals surface area (Å²) in [5.41, 5.74) is 2.02. The number of anilines is 1. The van der Waals surface area contributed by atoms with E-state index < -0.39 is 0 Å². The van der Waals surface area contributed by atoms with Gasteiger partial charge in [0, 0.05) is 16.6 Å². The number of rotatable bonds is 4. The molecule has 0 radical (unpaired) electrons. The predicted molar refractivity (Wildman–Crippen MR) is 71.6 cm³/mol. The summed E-state index contributed by atoms with van der Waals surface area (Å²) >= 11 is 3.45. The SMILES string of the molecule is CCC(C)CC(=O)Nc1ccc(C)c(Br)c1. The molecule has 0 fully saturated rings. The molecule has 0 bridgehead atoms. The Hall–Kier alpha value is -0.830. The monoisotopic (exact) mass is 283 g/mol. The molecule has 0 aromatic heterocycles. The summed E-state index contributed by atoms with van der Waals surface area (Å²) in [6.07, 6.45) is 1.62. The maximum Gasteiger partial charge on any atom is 0.224 e. The van der Waals surface area contributed by atoms with E-state index in [1.165, 1.54) is 5.56 Å². The van der Waals surface area contributed by atoms with Gasteiger partial charge in [0.1, 0.15) is 0 Å². The van der Waals surface area contributed by atoms with E-state index in [1.807, 2.05) is 25.1 Å². The van der Waals surface area contributed by atoms with Crippen molar-refractivity contribution in [1.82, 2.24) is 0 Å². The zero-order valence-corrected chi connectivity index (χ0v) is 11.6. The molecule has 16 heavy (non-hydrogen) atoms. The molecule has 1 unspecified atom stereocenters. The van der Waals surface area contributed by atoms with E-state index in [0.717, 1.165) is 16.6 Å². The maximum atomic E-state index is 11.7. The molecule has 1 rings (SSSR count). The van der Waals surface area contributed by atoms with Gasteiger partial charge in [0.05, 0.1) is 0 Å². The van der Waals surface area contributed by atoms with Gasteiger partial charge in [0.2, 0.25) is 5.91 Å². The summed E-state index contributed by atoms with van der Waals surface area (Å²) in [7, 11) is 0. The number of amides is 1. The van der Waals surface area contributed by atoms with Gasteiger partial charge in [-0.1, -0.05) is 42.3 Å². The van der Waals surface area contributed by atoms with Gasteiger partial charge < -0.3 is 5.32 Å². The van der Waals surface area contributed by atoms with Crippen LogP contribution in [0.4, 0.5) is 5.69 Å². The van der Waals surface area contributed by atoms with E-state index in [9.17, 15) is 4.79 Å². The minimum atomic E-state index is 0.0881. The predicted octanol–water partition coefficient (Wildman–Crippen LogP) is 4.13. The standard InChI is InChI=1S/C13H18BrNO/c1-4-9(2)7-13(16)15-11-6-5-10(3)12(14)8-11/h5-6,8-9H,4,7H2,1-3H3,(H,15,16). The van der Waals surface area contributed by atoms with Crippen LogP contribution in [0.15, 0.2) is 22.7 Å². The van der Waals surface area contributed by atoms with Gasteiger partial charge in [0.25, 0.3) is 0 Å². The highest BCUT2D eigenvalue weighted by Crippen LogP contribution is 2.21. The van der Waals surface area contributed by atoms with Gasteiger partial charge in [-0.15, -0.1) is 0 Å². The van der Waals surface area contributed by atoms with Crippen molar-refractivity contribution in [2.24, 2.45) is 5.92 Å². The number of carbonyl (C=O) groups excluding carboxylic acids is 1. The van der Waals surface area contributed by atoms with Gasteiger partial charge in [-0.2, -0.15) is 0 Å². The molecule has 1 amide bonds. The number of hydrogen-bond acceptors (Lipinski definition) is 1. The molecule has 1 N–H and O–H groups in total. The fraction of sp³-hybridized carbons (Fsp3) is 0.462. The summed E-state index contributed by atoms with van der Waals surface area (Å²) in [5, 5.41) is 2.91. The minimum absolute atomic E-state index is 0.0881. The molecule has 1 aromatic rings. The Morgan fingerprint density at radius 3 is 2.75 bits per heavy atom. The zero-order chi connectivity index (χ0) is 12.1.